The minimum absolute atomic E-state index is 0.637. The predicted molar refractivity (Wildman–Crippen MR) is 75.5 cm³/mol. The number of benzene rings is 1. The number of nitriles is 1. The van der Waals surface area contributed by atoms with E-state index < -0.39 is 0 Å². The number of nitrogens with zero attached hydrogens (tertiary/aromatic N) is 2. The molecule has 4 heteroatoms. The highest BCUT2D eigenvalue weighted by molar-refractivity contribution is 7.99. The molecule has 0 amide bonds. The molecule has 0 radical (unpaired) electrons. The van der Waals surface area contributed by atoms with Gasteiger partial charge in [-0.2, -0.15) is 5.26 Å². The highest BCUT2D eigenvalue weighted by Crippen LogP contribution is 2.33. The maximum absolute atomic E-state index is 9.24. The fourth-order valence-electron chi connectivity index (χ4n) is 1.80. The van der Waals surface area contributed by atoms with Gasteiger partial charge in [-0.3, -0.25) is 4.98 Å². The Morgan fingerprint density at radius 2 is 2.05 bits per heavy atom. The molecule has 0 fully saturated rings. The van der Waals surface area contributed by atoms with Crippen molar-refractivity contribution >= 4 is 11.8 Å². The van der Waals surface area contributed by atoms with E-state index in [9.17, 15) is 5.26 Å². The van der Waals surface area contributed by atoms with Crippen molar-refractivity contribution in [3.05, 3.63) is 47.3 Å². The van der Waals surface area contributed by atoms with Crippen molar-refractivity contribution < 1.29 is 4.74 Å². The van der Waals surface area contributed by atoms with Crippen LogP contribution in [0.2, 0.25) is 0 Å². The summed E-state index contributed by atoms with van der Waals surface area (Å²) in [7, 11) is 1.64. The van der Waals surface area contributed by atoms with Crippen LogP contribution in [0.4, 0.5) is 0 Å². The van der Waals surface area contributed by atoms with Crippen molar-refractivity contribution in [2.24, 2.45) is 0 Å². The fourth-order valence-corrected chi connectivity index (χ4v) is 2.90. The lowest BCUT2D eigenvalue weighted by molar-refractivity contribution is 0.413. The van der Waals surface area contributed by atoms with Crippen LogP contribution in [0, 0.1) is 25.2 Å². The van der Waals surface area contributed by atoms with Crippen LogP contribution >= 0.6 is 11.8 Å². The molecule has 0 saturated carbocycles. The molecule has 1 aromatic heterocycles. The Balaban J connectivity index is 2.40. The molecule has 0 aliphatic heterocycles. The second-order valence-electron chi connectivity index (χ2n) is 4.12. The van der Waals surface area contributed by atoms with E-state index in [1.54, 1.807) is 18.9 Å². The Kier molecular flexibility index (Phi) is 4.08. The molecule has 96 valence electrons. The van der Waals surface area contributed by atoms with E-state index >= 15 is 0 Å². The van der Waals surface area contributed by atoms with Crippen LogP contribution in [-0.2, 0) is 0 Å². The lowest BCUT2D eigenvalue weighted by Crippen LogP contribution is -1.94. The van der Waals surface area contributed by atoms with E-state index in [4.69, 9.17) is 4.74 Å². The van der Waals surface area contributed by atoms with E-state index in [1.165, 1.54) is 0 Å². The third-order valence-electron chi connectivity index (χ3n) is 2.67. The summed E-state index contributed by atoms with van der Waals surface area (Å²) in [5.74, 6) is 0.811. The molecule has 19 heavy (non-hydrogen) atoms. The average Bonchev–Trinajstić information content (AvgIpc) is 2.38. The largest absolute Gasteiger partial charge is 0.497 e. The van der Waals surface area contributed by atoms with E-state index in [0.717, 1.165) is 26.9 Å². The van der Waals surface area contributed by atoms with E-state index in [-0.39, 0.29) is 0 Å². The first-order valence-electron chi connectivity index (χ1n) is 5.84. The number of aromatic nitrogens is 1. The second kappa shape index (κ2) is 5.77. The van der Waals surface area contributed by atoms with E-state index in [0.29, 0.717) is 5.56 Å². The first-order chi connectivity index (χ1) is 9.13. The van der Waals surface area contributed by atoms with Crippen molar-refractivity contribution in [1.29, 1.82) is 5.26 Å². The van der Waals surface area contributed by atoms with Crippen molar-refractivity contribution in [1.82, 2.24) is 4.98 Å². The molecule has 0 aliphatic rings. The molecule has 1 aromatic carbocycles. The molecule has 0 unspecified atom stereocenters. The van der Waals surface area contributed by atoms with Crippen LogP contribution in [-0.4, -0.2) is 12.1 Å². The zero-order chi connectivity index (χ0) is 13.8. The normalized spacial score (nSPS) is 10.0. The second-order valence-corrected chi connectivity index (χ2v) is 5.23. The van der Waals surface area contributed by atoms with Crippen molar-refractivity contribution in [3.8, 4) is 11.8 Å². The minimum atomic E-state index is 0.637. The van der Waals surface area contributed by atoms with Gasteiger partial charge in [-0.15, -0.1) is 0 Å². The number of aryl methyl sites for hydroxylation is 2. The molecule has 2 rings (SSSR count). The van der Waals surface area contributed by atoms with Crippen molar-refractivity contribution in [3.63, 3.8) is 0 Å². The number of rotatable bonds is 3. The molecule has 1 heterocycles. The van der Waals surface area contributed by atoms with Crippen molar-refractivity contribution in [2.45, 2.75) is 23.6 Å². The Hall–Kier alpha value is -1.99. The lowest BCUT2D eigenvalue weighted by Gasteiger charge is -2.08. The van der Waals surface area contributed by atoms with Crippen molar-refractivity contribution in [2.75, 3.05) is 7.11 Å². The van der Waals surface area contributed by atoms with Gasteiger partial charge in [0, 0.05) is 15.5 Å². The molecule has 3 nitrogen and oxygen atoms in total. The SMILES string of the molecule is COc1cccc(Sc2cc(C)nc(C)c2C#N)c1. The van der Waals surface area contributed by atoms with Gasteiger partial charge in [-0.05, 0) is 38.1 Å². The van der Waals surface area contributed by atoms with Gasteiger partial charge >= 0.3 is 0 Å². The molecule has 0 N–H and O–H groups in total. The van der Waals surface area contributed by atoms with Gasteiger partial charge in [-0.25, -0.2) is 0 Å². The molecule has 0 saturated heterocycles. The quantitative estimate of drug-likeness (QED) is 0.852. The van der Waals surface area contributed by atoms with E-state index in [1.807, 2.05) is 44.2 Å². The summed E-state index contributed by atoms with van der Waals surface area (Å²) in [6.45, 7) is 3.80. The Morgan fingerprint density at radius 1 is 1.26 bits per heavy atom. The Bertz CT molecular complexity index is 647. The van der Waals surface area contributed by atoms with Gasteiger partial charge < -0.3 is 4.74 Å². The summed E-state index contributed by atoms with van der Waals surface area (Å²) in [5.41, 5.74) is 2.33. The summed E-state index contributed by atoms with van der Waals surface area (Å²) in [6.07, 6.45) is 0. The average molecular weight is 270 g/mol. The maximum Gasteiger partial charge on any atom is 0.119 e. The standard InChI is InChI=1S/C15H14N2OS/c1-10-7-15(14(9-16)11(2)17-10)19-13-6-4-5-12(8-13)18-3/h4-8H,1-3H3. The summed E-state index contributed by atoms with van der Waals surface area (Å²) in [6, 6.07) is 12.0. The number of hydrogen-bond donors (Lipinski definition) is 0. The first kappa shape index (κ1) is 13.4. The highest BCUT2D eigenvalue weighted by atomic mass is 32.2. The number of pyridine rings is 1. The van der Waals surface area contributed by atoms with Gasteiger partial charge in [0.05, 0.1) is 18.4 Å². The van der Waals surface area contributed by atoms with Crippen LogP contribution in [0.15, 0.2) is 40.1 Å². The van der Waals surface area contributed by atoms with Crippen LogP contribution < -0.4 is 4.74 Å². The molecule has 2 aromatic rings. The first-order valence-corrected chi connectivity index (χ1v) is 6.66. The molecule has 0 aliphatic carbocycles. The van der Waals surface area contributed by atoms with Gasteiger partial charge in [0.15, 0.2) is 0 Å². The summed E-state index contributed by atoms with van der Waals surface area (Å²) in [5, 5.41) is 9.24. The maximum atomic E-state index is 9.24. The molecule has 0 bridgehead atoms. The monoisotopic (exact) mass is 270 g/mol. The number of ether oxygens (including phenoxy) is 1. The summed E-state index contributed by atoms with van der Waals surface area (Å²) in [4.78, 5) is 6.29. The molecule has 0 spiro atoms. The van der Waals surface area contributed by atoms with E-state index in [2.05, 4.69) is 11.1 Å². The molecular weight excluding hydrogens is 256 g/mol. The predicted octanol–water partition coefficient (Wildman–Crippen LogP) is 3.73. The lowest BCUT2D eigenvalue weighted by atomic mass is 10.2. The van der Waals surface area contributed by atoms with Gasteiger partial charge in [0.2, 0.25) is 0 Å². The Morgan fingerprint density at radius 3 is 2.74 bits per heavy atom. The molecular formula is C15H14N2OS. The Labute approximate surface area is 117 Å². The van der Waals surface area contributed by atoms with Gasteiger partial charge in [0.1, 0.15) is 11.8 Å². The number of hydrogen-bond acceptors (Lipinski definition) is 4. The summed E-state index contributed by atoms with van der Waals surface area (Å²) >= 11 is 1.55. The zero-order valence-corrected chi connectivity index (χ0v) is 11.9. The topological polar surface area (TPSA) is 45.9 Å². The third kappa shape index (κ3) is 3.07. The molecule has 0 atom stereocenters. The van der Waals surface area contributed by atoms with Crippen LogP contribution in [0.1, 0.15) is 17.0 Å². The fraction of sp³-hybridized carbons (Fsp3) is 0.200. The van der Waals surface area contributed by atoms with Crippen LogP contribution in [0.5, 0.6) is 5.75 Å². The minimum Gasteiger partial charge on any atom is -0.497 e. The summed E-state index contributed by atoms with van der Waals surface area (Å²) < 4.78 is 5.21. The third-order valence-corrected chi connectivity index (χ3v) is 3.70. The van der Waals surface area contributed by atoms with Gasteiger partial charge in [-0.1, -0.05) is 17.8 Å². The highest BCUT2D eigenvalue weighted by Gasteiger charge is 2.10. The zero-order valence-electron chi connectivity index (χ0n) is 11.1. The van der Waals surface area contributed by atoms with Crippen LogP contribution in [0.25, 0.3) is 0 Å². The number of methoxy groups -OCH3 is 1. The van der Waals surface area contributed by atoms with Crippen LogP contribution in [0.3, 0.4) is 0 Å². The van der Waals surface area contributed by atoms with Gasteiger partial charge in [0.25, 0.3) is 0 Å². The smallest absolute Gasteiger partial charge is 0.119 e.